The molecule has 0 N–H and O–H groups in total. The van der Waals surface area contributed by atoms with E-state index >= 15 is 0 Å². The van der Waals surface area contributed by atoms with Crippen LogP contribution in [0.15, 0.2) is 42.7 Å². The fourth-order valence-electron chi connectivity index (χ4n) is 3.45. The summed E-state index contributed by atoms with van der Waals surface area (Å²) in [5, 5.41) is 22.8. The van der Waals surface area contributed by atoms with Crippen molar-refractivity contribution in [1.82, 2.24) is 4.98 Å². The second-order valence-electron chi connectivity index (χ2n) is 7.61. The molecular weight excluding hydrogens is 446 g/mol. The standard InChI is InChI=1S/C23H19N3O8/c1-12-5-14(3)20(25(29)30)18(7-12)33-22(27)16-9-17(11-24-10-16)23(28)34-19-8-13(2)6-15(4)21(19)26(31)32/h5-11H,1-4H3. The lowest BCUT2D eigenvalue weighted by Crippen LogP contribution is -2.14. The summed E-state index contributed by atoms with van der Waals surface area (Å²) in [6.07, 6.45) is 2.24. The number of aryl methyl sites for hydroxylation is 4. The largest absolute Gasteiger partial charge is 0.415 e. The lowest BCUT2D eigenvalue weighted by atomic mass is 10.1. The average Bonchev–Trinajstić information content (AvgIpc) is 2.72. The molecule has 0 saturated heterocycles. The number of hydrogen-bond acceptors (Lipinski definition) is 9. The van der Waals surface area contributed by atoms with Crippen LogP contribution < -0.4 is 9.47 Å². The molecule has 0 bridgehead atoms. The summed E-state index contributed by atoms with van der Waals surface area (Å²) in [5.74, 6) is -2.45. The van der Waals surface area contributed by atoms with E-state index in [1.165, 1.54) is 26.0 Å². The third kappa shape index (κ3) is 5.04. The van der Waals surface area contributed by atoms with E-state index in [2.05, 4.69) is 4.98 Å². The van der Waals surface area contributed by atoms with E-state index < -0.39 is 21.8 Å². The molecule has 1 heterocycles. The van der Waals surface area contributed by atoms with Crippen molar-refractivity contribution in [2.45, 2.75) is 27.7 Å². The third-order valence-corrected chi connectivity index (χ3v) is 4.80. The summed E-state index contributed by atoms with van der Waals surface area (Å²) in [7, 11) is 0. The lowest BCUT2D eigenvalue weighted by molar-refractivity contribution is -0.386. The van der Waals surface area contributed by atoms with Gasteiger partial charge in [0.2, 0.25) is 11.5 Å². The van der Waals surface area contributed by atoms with Crippen LogP contribution in [-0.2, 0) is 0 Å². The highest BCUT2D eigenvalue weighted by molar-refractivity contribution is 5.96. The second-order valence-corrected chi connectivity index (χ2v) is 7.61. The van der Waals surface area contributed by atoms with Crippen molar-refractivity contribution in [2.24, 2.45) is 0 Å². The molecule has 34 heavy (non-hydrogen) atoms. The van der Waals surface area contributed by atoms with E-state index in [0.717, 1.165) is 18.5 Å². The van der Waals surface area contributed by atoms with Crippen LogP contribution in [0.3, 0.4) is 0 Å². The molecule has 0 fully saturated rings. The first-order chi connectivity index (χ1) is 16.0. The van der Waals surface area contributed by atoms with Crippen molar-refractivity contribution < 1.29 is 28.9 Å². The van der Waals surface area contributed by atoms with Gasteiger partial charge in [-0.15, -0.1) is 0 Å². The molecule has 1 aromatic heterocycles. The van der Waals surface area contributed by atoms with Gasteiger partial charge in [-0.05, 0) is 69.2 Å². The first-order valence-electron chi connectivity index (χ1n) is 9.88. The molecule has 11 nitrogen and oxygen atoms in total. The Balaban J connectivity index is 1.89. The smallest absolute Gasteiger partial charge is 0.345 e. The Kier molecular flexibility index (Phi) is 6.66. The summed E-state index contributed by atoms with van der Waals surface area (Å²) in [6, 6.07) is 7.00. The number of pyridine rings is 1. The van der Waals surface area contributed by atoms with E-state index in [0.29, 0.717) is 22.3 Å². The molecule has 0 spiro atoms. The number of nitrogens with zero attached hydrogens (tertiary/aromatic N) is 3. The predicted octanol–water partition coefficient (Wildman–Crippen LogP) is 4.57. The SMILES string of the molecule is Cc1cc(C)c([N+](=O)[O-])c(OC(=O)c2cncc(C(=O)Oc3cc(C)cc(C)c3[N+](=O)[O-])c2)c1. The highest BCUT2D eigenvalue weighted by Gasteiger charge is 2.25. The minimum absolute atomic E-state index is 0.169. The normalized spacial score (nSPS) is 10.5. The van der Waals surface area contributed by atoms with Gasteiger partial charge in [0.15, 0.2) is 0 Å². The number of aromatic nitrogens is 1. The van der Waals surface area contributed by atoms with Crippen molar-refractivity contribution in [1.29, 1.82) is 0 Å². The van der Waals surface area contributed by atoms with Crippen LogP contribution in [0.4, 0.5) is 11.4 Å². The van der Waals surface area contributed by atoms with Crippen LogP contribution in [0.5, 0.6) is 11.5 Å². The Morgan fingerprint density at radius 3 is 1.44 bits per heavy atom. The molecule has 0 saturated carbocycles. The molecule has 0 amide bonds. The number of rotatable bonds is 6. The zero-order valence-electron chi connectivity index (χ0n) is 18.6. The van der Waals surface area contributed by atoms with Crippen LogP contribution in [-0.4, -0.2) is 26.8 Å². The first kappa shape index (κ1) is 24.0. The van der Waals surface area contributed by atoms with Gasteiger partial charge in [-0.3, -0.25) is 25.2 Å². The maximum atomic E-state index is 12.7. The molecule has 0 unspecified atom stereocenters. The number of esters is 2. The molecule has 0 radical (unpaired) electrons. The van der Waals surface area contributed by atoms with Gasteiger partial charge in [-0.25, -0.2) is 9.59 Å². The van der Waals surface area contributed by atoms with Crippen LogP contribution in [0.2, 0.25) is 0 Å². The number of nitro benzene ring substituents is 2. The predicted molar refractivity (Wildman–Crippen MR) is 119 cm³/mol. The zero-order chi connectivity index (χ0) is 25.2. The van der Waals surface area contributed by atoms with E-state index in [-0.39, 0.29) is 34.0 Å². The van der Waals surface area contributed by atoms with Crippen LogP contribution >= 0.6 is 0 Å². The monoisotopic (exact) mass is 465 g/mol. The summed E-state index contributed by atoms with van der Waals surface area (Å²) < 4.78 is 10.5. The Morgan fingerprint density at radius 2 is 1.09 bits per heavy atom. The van der Waals surface area contributed by atoms with E-state index in [1.54, 1.807) is 26.0 Å². The van der Waals surface area contributed by atoms with Crippen LogP contribution in [0, 0.1) is 47.9 Å². The van der Waals surface area contributed by atoms with Gasteiger partial charge in [-0.1, -0.05) is 0 Å². The van der Waals surface area contributed by atoms with E-state index in [1.807, 2.05) is 0 Å². The highest BCUT2D eigenvalue weighted by atomic mass is 16.6. The van der Waals surface area contributed by atoms with Gasteiger partial charge < -0.3 is 9.47 Å². The summed E-state index contributed by atoms with van der Waals surface area (Å²) in [4.78, 5) is 50.6. The van der Waals surface area contributed by atoms with Gasteiger partial charge in [0, 0.05) is 23.5 Å². The average molecular weight is 465 g/mol. The minimum Gasteiger partial charge on any atom is -0.415 e. The molecule has 174 valence electrons. The Morgan fingerprint density at radius 1 is 0.706 bits per heavy atom. The fraction of sp³-hybridized carbons (Fsp3) is 0.174. The zero-order valence-corrected chi connectivity index (χ0v) is 18.6. The molecule has 0 aliphatic heterocycles. The topological polar surface area (TPSA) is 152 Å². The van der Waals surface area contributed by atoms with Crippen molar-refractivity contribution in [3.63, 3.8) is 0 Å². The van der Waals surface area contributed by atoms with Crippen molar-refractivity contribution in [3.05, 3.63) is 96.3 Å². The number of hydrogen-bond donors (Lipinski definition) is 0. The van der Waals surface area contributed by atoms with Gasteiger partial charge in [0.05, 0.1) is 21.0 Å². The highest BCUT2D eigenvalue weighted by Crippen LogP contribution is 2.34. The molecule has 3 rings (SSSR count). The summed E-state index contributed by atoms with van der Waals surface area (Å²) in [5.41, 5.74) is 0.884. The van der Waals surface area contributed by atoms with Crippen LogP contribution in [0.25, 0.3) is 0 Å². The molecule has 0 aliphatic rings. The molecule has 3 aromatic rings. The number of carbonyl (C=O) groups excluding carboxylic acids is 2. The maximum Gasteiger partial charge on any atom is 0.345 e. The summed E-state index contributed by atoms with van der Waals surface area (Å²) in [6.45, 7) is 6.43. The molecule has 0 atom stereocenters. The van der Waals surface area contributed by atoms with Crippen LogP contribution in [0.1, 0.15) is 43.0 Å². The van der Waals surface area contributed by atoms with E-state index in [9.17, 15) is 29.8 Å². The fourth-order valence-corrected chi connectivity index (χ4v) is 3.45. The maximum absolute atomic E-state index is 12.7. The molecular formula is C23H19N3O8. The third-order valence-electron chi connectivity index (χ3n) is 4.80. The lowest BCUT2D eigenvalue weighted by Gasteiger charge is -2.10. The van der Waals surface area contributed by atoms with E-state index in [4.69, 9.17) is 9.47 Å². The minimum atomic E-state index is -0.979. The van der Waals surface area contributed by atoms with Gasteiger partial charge >= 0.3 is 23.3 Å². The van der Waals surface area contributed by atoms with Gasteiger partial charge in [-0.2, -0.15) is 0 Å². The quantitative estimate of drug-likeness (QED) is 0.220. The summed E-state index contributed by atoms with van der Waals surface area (Å²) >= 11 is 0. The number of ether oxygens (including phenoxy) is 2. The second kappa shape index (κ2) is 9.45. The first-order valence-corrected chi connectivity index (χ1v) is 9.88. The molecule has 2 aromatic carbocycles. The number of benzene rings is 2. The Hall–Kier alpha value is -4.67. The Bertz CT molecular complexity index is 1250. The van der Waals surface area contributed by atoms with Gasteiger partial charge in [0.1, 0.15) is 0 Å². The van der Waals surface area contributed by atoms with Crippen molar-refractivity contribution in [2.75, 3.05) is 0 Å². The molecule has 11 heteroatoms. The van der Waals surface area contributed by atoms with Crippen molar-refractivity contribution >= 4 is 23.3 Å². The number of carbonyl (C=O) groups is 2. The van der Waals surface area contributed by atoms with Gasteiger partial charge in [0.25, 0.3) is 0 Å². The van der Waals surface area contributed by atoms with Crippen molar-refractivity contribution in [3.8, 4) is 11.5 Å². The Labute approximate surface area is 193 Å². The molecule has 0 aliphatic carbocycles. The number of nitro groups is 2.